The van der Waals surface area contributed by atoms with E-state index in [2.05, 4.69) is 97.1 Å². The molecule has 0 spiro atoms. The van der Waals surface area contributed by atoms with Gasteiger partial charge >= 0.3 is 29.7 Å². The van der Waals surface area contributed by atoms with Crippen LogP contribution in [0.5, 0.6) is 0 Å². The van der Waals surface area contributed by atoms with Crippen molar-refractivity contribution in [3.05, 3.63) is 127 Å². The van der Waals surface area contributed by atoms with Gasteiger partial charge in [-0.15, -0.1) is 40.3 Å². The van der Waals surface area contributed by atoms with Gasteiger partial charge in [-0.25, -0.2) is 12.1 Å². The molecule has 0 bridgehead atoms. The van der Waals surface area contributed by atoms with Gasteiger partial charge in [-0.3, -0.25) is 0 Å². The molecule has 5 rings (SSSR count). The van der Waals surface area contributed by atoms with Crippen LogP contribution in [0.2, 0.25) is 0 Å². The van der Waals surface area contributed by atoms with Crippen LogP contribution in [-0.4, -0.2) is 0 Å². The van der Waals surface area contributed by atoms with Crippen LogP contribution in [0.4, 0.5) is 5.25 Å². The third-order valence-corrected chi connectivity index (χ3v) is 6.85. The SMILES string of the molecule is [F][Zr+2][F].c1cc[cH-]c1.c1ccc(P(c2ccccc2)c2cc3ccccc3[cH-]2)cc1. The van der Waals surface area contributed by atoms with E-state index in [0.717, 1.165) is 0 Å². The summed E-state index contributed by atoms with van der Waals surface area (Å²) in [4.78, 5) is 0. The second kappa shape index (κ2) is 12.5. The Morgan fingerprint density at radius 2 is 1.13 bits per heavy atom. The number of fused-ring (bicyclic) bond motifs is 1. The molecule has 0 aliphatic heterocycles. The number of hydrogen-bond acceptors (Lipinski definition) is 0. The molecule has 0 N–H and O–H groups in total. The summed E-state index contributed by atoms with van der Waals surface area (Å²) in [5, 5.41) is 6.89. The Kier molecular flexibility index (Phi) is 9.35. The standard InChI is InChI=1S/C21H16P.C5H5.2FH.Zr/c1-3-11-19(12-4-1)22(20-13-5-2-6-14-20)21-15-17-9-7-8-10-18(17)16-21;1-2-4-5-3-1;;;/h1-16H;1-5H;2*1H;/q2*-1;;;+4/p-2. The fourth-order valence-electron chi connectivity index (χ4n) is 3.19. The van der Waals surface area contributed by atoms with Crippen LogP contribution in [0.15, 0.2) is 127 Å². The first-order valence-corrected chi connectivity index (χ1v) is 12.7. The maximum absolute atomic E-state index is 9.80. The van der Waals surface area contributed by atoms with Crippen molar-refractivity contribution in [1.29, 1.82) is 0 Å². The Labute approximate surface area is 191 Å². The number of halogens is 2. The molecule has 0 aromatic heterocycles. The first-order valence-electron chi connectivity index (χ1n) is 9.52. The summed E-state index contributed by atoms with van der Waals surface area (Å²) in [6, 6.07) is 45.0. The van der Waals surface area contributed by atoms with Crippen LogP contribution < -0.4 is 15.9 Å². The van der Waals surface area contributed by atoms with Crippen molar-refractivity contribution in [2.75, 3.05) is 0 Å². The molecular weight excluding hydrogens is 472 g/mol. The summed E-state index contributed by atoms with van der Waals surface area (Å²) in [6.07, 6.45) is 0. The van der Waals surface area contributed by atoms with Gasteiger partial charge in [0.25, 0.3) is 0 Å². The Balaban J connectivity index is 0.000000272. The minimum absolute atomic E-state index is 0.493. The van der Waals surface area contributed by atoms with Crippen molar-refractivity contribution >= 4 is 34.6 Å². The maximum Gasteiger partial charge on any atom is -0.0166 e. The molecule has 0 saturated carbocycles. The fraction of sp³-hybridized carbons (Fsp3) is 0. The van der Waals surface area contributed by atoms with Crippen molar-refractivity contribution in [3.8, 4) is 0 Å². The van der Waals surface area contributed by atoms with E-state index in [4.69, 9.17) is 0 Å². The molecule has 148 valence electrons. The van der Waals surface area contributed by atoms with Crippen molar-refractivity contribution in [1.82, 2.24) is 0 Å². The summed E-state index contributed by atoms with van der Waals surface area (Å²) in [5.74, 6) is 0. The van der Waals surface area contributed by atoms with E-state index in [9.17, 15) is 5.25 Å². The van der Waals surface area contributed by atoms with E-state index in [-0.39, 0.29) is 0 Å². The maximum atomic E-state index is 9.80. The predicted octanol–water partition coefficient (Wildman–Crippen LogP) is 6.56. The van der Waals surface area contributed by atoms with Crippen LogP contribution in [0.3, 0.4) is 0 Å². The third-order valence-electron chi connectivity index (χ3n) is 4.45. The molecule has 0 radical (unpaired) electrons. The summed E-state index contributed by atoms with van der Waals surface area (Å²) in [7, 11) is -0.493. The van der Waals surface area contributed by atoms with E-state index in [1.165, 1.54) is 26.7 Å². The molecule has 0 amide bonds. The quantitative estimate of drug-likeness (QED) is 0.197. The zero-order chi connectivity index (χ0) is 21.0. The molecule has 30 heavy (non-hydrogen) atoms. The molecule has 0 atom stereocenters. The van der Waals surface area contributed by atoms with Gasteiger partial charge in [-0.2, -0.15) is 24.3 Å². The fourth-order valence-corrected chi connectivity index (χ4v) is 5.56. The van der Waals surface area contributed by atoms with Gasteiger partial charge in [0.2, 0.25) is 0 Å². The minimum atomic E-state index is -2.77. The third kappa shape index (κ3) is 6.39. The second-order valence-corrected chi connectivity index (χ2v) is 8.95. The van der Waals surface area contributed by atoms with E-state index >= 15 is 0 Å². The zero-order valence-electron chi connectivity index (χ0n) is 16.3. The second-order valence-electron chi connectivity index (χ2n) is 6.38. The normalized spacial score (nSPS) is 9.83. The zero-order valence-corrected chi connectivity index (χ0v) is 19.7. The molecule has 0 nitrogen and oxygen atoms in total. The van der Waals surface area contributed by atoms with Gasteiger partial charge in [0.1, 0.15) is 0 Å². The smallest absolute Gasteiger partial charge is 0.0166 e. The molecular formula is C26H21F2PZr. The number of rotatable bonds is 3. The molecule has 0 unspecified atom stereocenters. The Hall–Kier alpha value is -2.21. The molecule has 4 heteroatoms. The molecule has 0 fully saturated rings. The molecule has 5 aromatic rings. The van der Waals surface area contributed by atoms with Crippen LogP contribution in [0, 0.1) is 0 Å². The molecule has 0 saturated heterocycles. The number of benzene rings is 3. The van der Waals surface area contributed by atoms with Gasteiger partial charge in [-0.1, -0.05) is 66.7 Å². The molecule has 0 heterocycles. The Morgan fingerprint density at radius 3 is 1.60 bits per heavy atom. The molecule has 0 aliphatic rings. The largest absolute Gasteiger partial charge is 0.214 e. The van der Waals surface area contributed by atoms with E-state index in [1.807, 2.05) is 30.3 Å². The van der Waals surface area contributed by atoms with Gasteiger partial charge in [0, 0.05) is 0 Å². The first-order chi connectivity index (χ1) is 14.8. The van der Waals surface area contributed by atoms with Crippen LogP contribution in [-0.2, 0) is 24.5 Å². The van der Waals surface area contributed by atoms with E-state index < -0.39 is 32.4 Å². The molecule has 0 aliphatic carbocycles. The van der Waals surface area contributed by atoms with Gasteiger partial charge < -0.3 is 0 Å². The Bertz CT molecular complexity index is 1000. The molecule has 5 aromatic carbocycles. The average Bonchev–Trinajstić information content (AvgIpc) is 3.49. The minimum Gasteiger partial charge on any atom is -0.214 e. The summed E-state index contributed by atoms with van der Waals surface area (Å²) in [5.41, 5.74) is 0. The topological polar surface area (TPSA) is 0 Å². The van der Waals surface area contributed by atoms with Crippen LogP contribution >= 0.6 is 7.92 Å². The van der Waals surface area contributed by atoms with E-state index in [1.54, 1.807) is 0 Å². The summed E-state index contributed by atoms with van der Waals surface area (Å²) in [6.45, 7) is 0. The average molecular weight is 494 g/mol. The van der Waals surface area contributed by atoms with Crippen molar-refractivity contribution in [2.24, 2.45) is 0 Å². The van der Waals surface area contributed by atoms with Crippen LogP contribution in [0.25, 0.3) is 10.8 Å². The van der Waals surface area contributed by atoms with E-state index in [0.29, 0.717) is 0 Å². The van der Waals surface area contributed by atoms with Gasteiger partial charge in [0.15, 0.2) is 0 Å². The van der Waals surface area contributed by atoms with Crippen molar-refractivity contribution in [2.45, 2.75) is 0 Å². The summed E-state index contributed by atoms with van der Waals surface area (Å²) >= 11 is -2.77. The summed E-state index contributed by atoms with van der Waals surface area (Å²) < 4.78 is 19.6. The van der Waals surface area contributed by atoms with Crippen molar-refractivity contribution < 1.29 is 29.7 Å². The van der Waals surface area contributed by atoms with Gasteiger partial charge in [0.05, 0.1) is 0 Å². The monoisotopic (exact) mass is 492 g/mol. The van der Waals surface area contributed by atoms with Crippen LogP contribution in [0.1, 0.15) is 0 Å². The first kappa shape index (κ1) is 22.5. The number of hydrogen-bond donors (Lipinski definition) is 0. The Morgan fingerprint density at radius 1 is 0.633 bits per heavy atom. The van der Waals surface area contributed by atoms with Gasteiger partial charge in [-0.05, 0) is 18.5 Å². The predicted molar refractivity (Wildman–Crippen MR) is 122 cm³/mol. The van der Waals surface area contributed by atoms with Crippen molar-refractivity contribution in [3.63, 3.8) is 0 Å².